The van der Waals surface area contributed by atoms with Gasteiger partial charge in [0.2, 0.25) is 5.88 Å². The summed E-state index contributed by atoms with van der Waals surface area (Å²) < 4.78 is 5.67. The fraction of sp³-hybridized carbons (Fsp3) is 0. The lowest BCUT2D eigenvalue weighted by Crippen LogP contribution is -2.00. The highest BCUT2D eigenvalue weighted by Crippen LogP contribution is 2.34. The highest BCUT2D eigenvalue weighted by Gasteiger charge is 2.15. The van der Waals surface area contributed by atoms with Gasteiger partial charge in [-0.05, 0) is 30.3 Å². The van der Waals surface area contributed by atoms with Gasteiger partial charge in [-0.3, -0.25) is 0 Å². The predicted octanol–water partition coefficient (Wildman–Crippen LogP) is 3.17. The highest BCUT2D eigenvalue weighted by atomic mass is 16.4. The van der Waals surface area contributed by atoms with Gasteiger partial charge in [0.05, 0.1) is 0 Å². The van der Waals surface area contributed by atoms with Crippen LogP contribution in [-0.4, -0.2) is 24.2 Å². The van der Waals surface area contributed by atoms with Crippen LogP contribution in [0.15, 0.2) is 58.1 Å². The predicted molar refractivity (Wildman–Crippen MR) is 95.7 cm³/mol. The summed E-state index contributed by atoms with van der Waals surface area (Å²) in [7, 11) is 5.66. The maximum absolute atomic E-state index is 10.1. The van der Waals surface area contributed by atoms with Gasteiger partial charge in [-0.25, -0.2) is 9.98 Å². The molecule has 0 spiro atoms. The molecule has 2 aromatic heterocycles. The van der Waals surface area contributed by atoms with Crippen LogP contribution < -0.4 is 10.8 Å². The lowest BCUT2D eigenvalue weighted by molar-refractivity contribution is 0.456. The van der Waals surface area contributed by atoms with Crippen LogP contribution in [-0.2, 0) is 0 Å². The van der Waals surface area contributed by atoms with Gasteiger partial charge in [-0.15, -0.1) is 0 Å². The summed E-state index contributed by atoms with van der Waals surface area (Å²) in [5, 5.41) is 13.2. The minimum atomic E-state index is 0.0474. The van der Waals surface area contributed by atoms with E-state index in [1.54, 1.807) is 30.6 Å². The van der Waals surface area contributed by atoms with E-state index >= 15 is 0 Å². The third kappa shape index (κ3) is 2.69. The zero-order valence-corrected chi connectivity index (χ0v) is 12.6. The molecule has 0 fully saturated rings. The number of aromatic hydroxyl groups is 1. The molecule has 1 aromatic carbocycles. The molecule has 2 radical (unpaired) electrons. The molecule has 114 valence electrons. The molecule has 3 heterocycles. The maximum atomic E-state index is 10.1. The summed E-state index contributed by atoms with van der Waals surface area (Å²) in [6, 6.07) is 12.5. The first-order valence-electron chi connectivity index (χ1n) is 7.35. The summed E-state index contributed by atoms with van der Waals surface area (Å²) >= 11 is 0. The van der Waals surface area contributed by atoms with Crippen molar-refractivity contribution in [2.75, 3.05) is 5.32 Å². The van der Waals surface area contributed by atoms with Crippen molar-refractivity contribution in [3.8, 4) is 5.75 Å². The molecule has 0 aliphatic carbocycles. The quantitative estimate of drug-likeness (QED) is 0.729. The number of benzene rings is 1. The normalized spacial score (nSPS) is 14.1. The lowest BCUT2D eigenvalue weighted by atomic mass is 9.96. The van der Waals surface area contributed by atoms with Gasteiger partial charge in [-0.2, -0.15) is 0 Å². The van der Waals surface area contributed by atoms with Gasteiger partial charge in [0.15, 0.2) is 17.3 Å². The van der Waals surface area contributed by atoms with E-state index in [0.29, 0.717) is 22.9 Å². The third-order valence-corrected chi connectivity index (χ3v) is 3.63. The molecule has 0 unspecified atom stereocenters. The first kappa shape index (κ1) is 14.3. The van der Waals surface area contributed by atoms with Gasteiger partial charge in [0.1, 0.15) is 7.85 Å². The number of nitrogens with zero attached hydrogens (tertiary/aromatic N) is 2. The molecule has 0 bridgehead atoms. The molecule has 24 heavy (non-hydrogen) atoms. The zero-order valence-electron chi connectivity index (χ0n) is 12.6. The highest BCUT2D eigenvalue weighted by molar-refractivity contribution is 6.32. The third-order valence-electron chi connectivity index (χ3n) is 3.63. The molecule has 5 nitrogen and oxygen atoms in total. The summed E-state index contributed by atoms with van der Waals surface area (Å²) in [4.78, 5) is 8.42. The molecule has 0 amide bonds. The molecule has 3 aromatic rings. The topological polar surface area (TPSA) is 70.7 Å². The Morgan fingerprint density at radius 1 is 1.17 bits per heavy atom. The van der Waals surface area contributed by atoms with Crippen LogP contribution in [0, 0.1) is 0 Å². The SMILES string of the molecule is [B]c1ccc(Nc2cc(O)c(C=C3C=Nc4ncccc43)o2)cc1. The fourth-order valence-electron chi connectivity index (χ4n) is 2.45. The Hall–Kier alpha value is -3.28. The van der Waals surface area contributed by atoms with Crippen LogP contribution in [0.3, 0.4) is 0 Å². The first-order chi connectivity index (χ1) is 11.7. The van der Waals surface area contributed by atoms with Gasteiger partial charge >= 0.3 is 0 Å². The van der Waals surface area contributed by atoms with Gasteiger partial charge in [-0.1, -0.05) is 17.6 Å². The second-order valence-electron chi connectivity index (χ2n) is 5.34. The van der Waals surface area contributed by atoms with Crippen molar-refractivity contribution in [2.24, 2.45) is 4.99 Å². The van der Waals surface area contributed by atoms with Crippen molar-refractivity contribution in [3.63, 3.8) is 0 Å². The smallest absolute Gasteiger partial charge is 0.201 e. The van der Waals surface area contributed by atoms with Gasteiger partial charge in [0, 0.05) is 35.3 Å². The second-order valence-corrected chi connectivity index (χ2v) is 5.34. The van der Waals surface area contributed by atoms with Crippen molar-refractivity contribution in [1.29, 1.82) is 0 Å². The van der Waals surface area contributed by atoms with E-state index in [0.717, 1.165) is 16.8 Å². The lowest BCUT2D eigenvalue weighted by Gasteiger charge is -2.02. The number of aliphatic imine (C=N–C) groups is 1. The summed E-state index contributed by atoms with van der Waals surface area (Å²) in [5.74, 6) is 1.50. The fourth-order valence-corrected chi connectivity index (χ4v) is 2.45. The Morgan fingerprint density at radius 2 is 2.00 bits per heavy atom. The largest absolute Gasteiger partial charge is 0.504 e. The van der Waals surface area contributed by atoms with E-state index in [2.05, 4.69) is 15.3 Å². The average molecular weight is 313 g/mol. The van der Waals surface area contributed by atoms with Crippen LogP contribution in [0.1, 0.15) is 11.3 Å². The second kappa shape index (κ2) is 5.74. The number of furan rings is 1. The Balaban J connectivity index is 1.62. The number of hydrogen-bond donors (Lipinski definition) is 2. The minimum absolute atomic E-state index is 0.0474. The van der Waals surface area contributed by atoms with E-state index in [4.69, 9.17) is 12.3 Å². The van der Waals surface area contributed by atoms with Crippen LogP contribution in [0.25, 0.3) is 11.6 Å². The minimum Gasteiger partial charge on any atom is -0.504 e. The standard InChI is InChI=1S/C18H12BN3O2/c19-12-3-5-13(6-4-12)22-17-9-15(23)16(24-17)8-11-10-21-18-14(11)2-1-7-20-18/h1-10,22-23H. The number of anilines is 2. The van der Waals surface area contributed by atoms with Crippen LogP contribution in [0.5, 0.6) is 5.75 Å². The molecule has 4 rings (SSSR count). The van der Waals surface area contributed by atoms with E-state index in [9.17, 15) is 5.11 Å². The van der Waals surface area contributed by atoms with Crippen molar-refractivity contribution in [3.05, 3.63) is 60.0 Å². The van der Waals surface area contributed by atoms with Crippen molar-refractivity contribution < 1.29 is 9.52 Å². The number of aromatic nitrogens is 1. The van der Waals surface area contributed by atoms with Crippen LogP contribution in [0.2, 0.25) is 0 Å². The Morgan fingerprint density at radius 3 is 2.83 bits per heavy atom. The van der Waals surface area contributed by atoms with Crippen LogP contribution in [0.4, 0.5) is 17.4 Å². The number of pyridine rings is 1. The Labute approximate surface area is 139 Å². The summed E-state index contributed by atoms with van der Waals surface area (Å²) in [6.45, 7) is 0. The first-order valence-corrected chi connectivity index (χ1v) is 7.35. The molecule has 1 aliphatic rings. The summed E-state index contributed by atoms with van der Waals surface area (Å²) in [5.41, 5.74) is 3.23. The van der Waals surface area contributed by atoms with E-state index < -0.39 is 0 Å². The number of rotatable bonds is 3. The van der Waals surface area contributed by atoms with Crippen molar-refractivity contribution in [1.82, 2.24) is 4.98 Å². The van der Waals surface area contributed by atoms with Crippen molar-refractivity contribution >= 4 is 48.6 Å². The molecule has 0 saturated carbocycles. The maximum Gasteiger partial charge on any atom is 0.201 e. The molecular formula is C18H12BN3O2. The number of hydrogen-bond acceptors (Lipinski definition) is 5. The van der Waals surface area contributed by atoms with Crippen molar-refractivity contribution in [2.45, 2.75) is 0 Å². The molecule has 2 N–H and O–H groups in total. The Bertz CT molecular complexity index is 959. The number of nitrogens with one attached hydrogen (secondary N) is 1. The molecule has 1 aliphatic heterocycles. The van der Waals surface area contributed by atoms with Crippen LogP contribution >= 0.6 is 0 Å². The monoisotopic (exact) mass is 313 g/mol. The number of allylic oxidation sites excluding steroid dienone is 1. The van der Waals surface area contributed by atoms with E-state index in [1.165, 1.54) is 6.07 Å². The molecular weight excluding hydrogens is 301 g/mol. The van der Waals surface area contributed by atoms with E-state index in [-0.39, 0.29) is 5.75 Å². The average Bonchev–Trinajstić information content (AvgIpc) is 3.14. The molecule has 0 atom stereocenters. The molecule has 0 saturated heterocycles. The van der Waals surface area contributed by atoms with E-state index in [1.807, 2.05) is 24.3 Å². The Kier molecular flexibility index (Phi) is 3.42. The van der Waals surface area contributed by atoms with Gasteiger partial charge in [0.25, 0.3) is 0 Å². The number of fused-ring (bicyclic) bond motifs is 1. The van der Waals surface area contributed by atoms with Gasteiger partial charge < -0.3 is 14.8 Å². The zero-order chi connectivity index (χ0) is 16.5. The molecule has 6 heteroatoms. The summed E-state index contributed by atoms with van der Waals surface area (Å²) in [6.07, 6.45) is 5.13.